The summed E-state index contributed by atoms with van der Waals surface area (Å²) in [6.07, 6.45) is 2.20. The summed E-state index contributed by atoms with van der Waals surface area (Å²) in [7, 11) is -2.38. The lowest BCUT2D eigenvalue weighted by molar-refractivity contribution is -0.135. The van der Waals surface area contributed by atoms with Crippen molar-refractivity contribution in [2.24, 2.45) is 0 Å². The van der Waals surface area contributed by atoms with E-state index in [9.17, 15) is 18.0 Å². The van der Waals surface area contributed by atoms with E-state index in [0.29, 0.717) is 6.42 Å². The molecule has 0 saturated heterocycles. The van der Waals surface area contributed by atoms with Crippen molar-refractivity contribution >= 4 is 21.6 Å². The van der Waals surface area contributed by atoms with E-state index in [1.165, 1.54) is 7.11 Å². The lowest BCUT2D eigenvalue weighted by Crippen LogP contribution is -2.23. The summed E-state index contributed by atoms with van der Waals surface area (Å²) in [5, 5.41) is -0.815. The Balaban J connectivity index is 2.91. The summed E-state index contributed by atoms with van der Waals surface area (Å²) in [4.78, 5) is 23.0. The average molecular weight is 324 g/mol. The number of carbonyl (C=O) groups excluding carboxylic acids is 2. The zero-order valence-electron chi connectivity index (χ0n) is 12.9. The van der Waals surface area contributed by atoms with E-state index in [0.717, 1.165) is 17.7 Å². The van der Waals surface area contributed by atoms with E-state index in [1.807, 2.05) is 6.92 Å². The number of hydrogen-bond acceptors (Lipinski definition) is 5. The molecule has 0 aliphatic carbocycles. The molecule has 0 saturated carbocycles. The van der Waals surface area contributed by atoms with Crippen molar-refractivity contribution in [2.45, 2.75) is 36.8 Å². The number of aryl methyl sites for hydroxylation is 1. The number of carbonyl (C=O) groups is 2. The van der Waals surface area contributed by atoms with Gasteiger partial charge in [0.1, 0.15) is 0 Å². The van der Waals surface area contributed by atoms with Crippen molar-refractivity contribution in [1.29, 1.82) is 0 Å². The molecule has 1 atom stereocenters. The molecule has 120 valence electrons. The van der Waals surface area contributed by atoms with Crippen molar-refractivity contribution in [3.63, 3.8) is 0 Å². The molecule has 1 unspecified atom stereocenters. The molecule has 0 aliphatic rings. The highest BCUT2D eigenvalue weighted by atomic mass is 32.2. The zero-order valence-corrected chi connectivity index (χ0v) is 13.7. The molecular formula is C16H20O5S. The third-order valence-electron chi connectivity index (χ3n) is 3.28. The lowest BCUT2D eigenvalue weighted by Gasteiger charge is -2.14. The van der Waals surface area contributed by atoms with Crippen molar-refractivity contribution in [3.05, 3.63) is 42.0 Å². The van der Waals surface area contributed by atoms with Crippen LogP contribution in [0.5, 0.6) is 0 Å². The van der Waals surface area contributed by atoms with Crippen LogP contribution in [0, 0.1) is 6.92 Å². The van der Waals surface area contributed by atoms with Crippen LogP contribution in [0.2, 0.25) is 0 Å². The number of allylic oxidation sites excluding steroid dienone is 1. The second-order valence-corrected chi connectivity index (χ2v) is 7.14. The molecule has 1 aromatic rings. The van der Waals surface area contributed by atoms with E-state index < -0.39 is 26.8 Å². The maximum atomic E-state index is 12.5. The fourth-order valence-electron chi connectivity index (χ4n) is 1.92. The maximum absolute atomic E-state index is 12.5. The molecule has 0 amide bonds. The number of esters is 1. The van der Waals surface area contributed by atoms with Gasteiger partial charge < -0.3 is 4.74 Å². The quantitative estimate of drug-likeness (QED) is 0.568. The number of ether oxygens (including phenoxy) is 1. The van der Waals surface area contributed by atoms with Crippen LogP contribution in [0.25, 0.3) is 0 Å². The Kier molecular flexibility index (Phi) is 6.49. The molecule has 0 aliphatic heterocycles. The molecule has 1 rings (SSSR count). The number of ketones is 1. The molecule has 1 aromatic carbocycles. The molecular weight excluding hydrogens is 304 g/mol. The minimum Gasteiger partial charge on any atom is -0.466 e. The summed E-state index contributed by atoms with van der Waals surface area (Å²) in [5.74, 6) is -1.07. The SMILES string of the molecule is CCC(CC(=O)/C=C/C(=O)OC)S(=O)(=O)c1ccc(C)cc1. The van der Waals surface area contributed by atoms with Gasteiger partial charge in [0.15, 0.2) is 15.6 Å². The molecule has 0 bridgehead atoms. The third kappa shape index (κ3) is 4.80. The van der Waals surface area contributed by atoms with Crippen molar-refractivity contribution in [2.75, 3.05) is 7.11 Å². The van der Waals surface area contributed by atoms with Gasteiger partial charge in [0.2, 0.25) is 0 Å². The zero-order chi connectivity index (χ0) is 16.8. The first kappa shape index (κ1) is 18.1. The van der Waals surface area contributed by atoms with Gasteiger partial charge in [-0.3, -0.25) is 4.79 Å². The fraction of sp³-hybridized carbons (Fsp3) is 0.375. The van der Waals surface area contributed by atoms with Crippen LogP contribution in [-0.2, 0) is 24.2 Å². The molecule has 0 spiro atoms. The Labute approximate surface area is 130 Å². The van der Waals surface area contributed by atoms with Crippen LogP contribution in [0.4, 0.5) is 0 Å². The topological polar surface area (TPSA) is 77.5 Å². The van der Waals surface area contributed by atoms with Crippen LogP contribution in [0.3, 0.4) is 0 Å². The third-order valence-corrected chi connectivity index (χ3v) is 5.59. The second-order valence-electron chi connectivity index (χ2n) is 4.92. The predicted molar refractivity (Wildman–Crippen MR) is 83.2 cm³/mol. The molecule has 0 fully saturated rings. The van der Waals surface area contributed by atoms with Gasteiger partial charge in [-0.25, -0.2) is 13.2 Å². The average Bonchev–Trinajstić information content (AvgIpc) is 2.50. The summed E-state index contributed by atoms with van der Waals surface area (Å²) in [6, 6.07) is 6.53. The first-order chi connectivity index (χ1) is 10.3. The molecule has 0 aromatic heterocycles. The molecule has 6 heteroatoms. The van der Waals surface area contributed by atoms with Crippen LogP contribution in [0.1, 0.15) is 25.3 Å². The normalized spacial score (nSPS) is 13.0. The van der Waals surface area contributed by atoms with Gasteiger partial charge in [0.25, 0.3) is 0 Å². The summed E-state index contributed by atoms with van der Waals surface area (Å²) >= 11 is 0. The van der Waals surface area contributed by atoms with Gasteiger partial charge >= 0.3 is 5.97 Å². The summed E-state index contributed by atoms with van der Waals surface area (Å²) in [6.45, 7) is 3.59. The van der Waals surface area contributed by atoms with Gasteiger partial charge in [-0.2, -0.15) is 0 Å². The van der Waals surface area contributed by atoms with Gasteiger partial charge in [0.05, 0.1) is 17.3 Å². The molecule has 0 heterocycles. The molecule has 22 heavy (non-hydrogen) atoms. The molecule has 0 radical (unpaired) electrons. The first-order valence-corrected chi connectivity index (χ1v) is 8.45. The van der Waals surface area contributed by atoms with E-state index in [-0.39, 0.29) is 11.3 Å². The van der Waals surface area contributed by atoms with Crippen LogP contribution in [0.15, 0.2) is 41.3 Å². The fourth-order valence-corrected chi connectivity index (χ4v) is 3.64. The van der Waals surface area contributed by atoms with E-state index in [4.69, 9.17) is 0 Å². The minimum atomic E-state index is -3.58. The number of benzene rings is 1. The smallest absolute Gasteiger partial charge is 0.330 e. The highest BCUT2D eigenvalue weighted by Gasteiger charge is 2.27. The van der Waals surface area contributed by atoms with Crippen LogP contribution >= 0.6 is 0 Å². The van der Waals surface area contributed by atoms with E-state index in [2.05, 4.69) is 4.74 Å². The van der Waals surface area contributed by atoms with Gasteiger partial charge in [-0.05, 0) is 31.6 Å². The molecule has 5 nitrogen and oxygen atoms in total. The monoisotopic (exact) mass is 324 g/mol. The van der Waals surface area contributed by atoms with Crippen LogP contribution < -0.4 is 0 Å². The van der Waals surface area contributed by atoms with E-state index in [1.54, 1.807) is 31.2 Å². The highest BCUT2D eigenvalue weighted by Crippen LogP contribution is 2.21. The highest BCUT2D eigenvalue weighted by molar-refractivity contribution is 7.92. The Hall–Kier alpha value is -1.95. The maximum Gasteiger partial charge on any atom is 0.330 e. The van der Waals surface area contributed by atoms with Crippen molar-refractivity contribution < 1.29 is 22.7 Å². The second kappa shape index (κ2) is 7.89. The number of sulfone groups is 1. The predicted octanol–water partition coefficient (Wildman–Crippen LogP) is 2.24. The standard InChI is InChI=1S/C16H20O5S/c1-4-14(11-13(17)7-10-16(18)21-3)22(19,20)15-8-5-12(2)6-9-15/h5-10,14H,4,11H2,1-3H3/b10-7+. The minimum absolute atomic E-state index is 0.166. The summed E-state index contributed by atoms with van der Waals surface area (Å²) < 4.78 is 29.5. The van der Waals surface area contributed by atoms with Gasteiger partial charge in [-0.1, -0.05) is 24.6 Å². The Bertz CT molecular complexity index is 656. The largest absolute Gasteiger partial charge is 0.466 e. The van der Waals surface area contributed by atoms with Gasteiger partial charge in [-0.15, -0.1) is 0 Å². The number of methoxy groups -OCH3 is 1. The Morgan fingerprint density at radius 1 is 1.18 bits per heavy atom. The Morgan fingerprint density at radius 3 is 2.27 bits per heavy atom. The van der Waals surface area contributed by atoms with Crippen LogP contribution in [-0.4, -0.2) is 32.5 Å². The first-order valence-electron chi connectivity index (χ1n) is 6.90. The number of rotatable bonds is 7. The Morgan fingerprint density at radius 2 is 1.77 bits per heavy atom. The lowest BCUT2D eigenvalue weighted by atomic mass is 10.1. The summed E-state index contributed by atoms with van der Waals surface area (Å²) in [5.41, 5.74) is 0.962. The van der Waals surface area contributed by atoms with Crippen molar-refractivity contribution in [3.8, 4) is 0 Å². The number of hydrogen-bond donors (Lipinski definition) is 0. The van der Waals surface area contributed by atoms with Gasteiger partial charge in [0, 0.05) is 12.5 Å². The molecule has 0 N–H and O–H groups in total. The van der Waals surface area contributed by atoms with E-state index >= 15 is 0 Å². The van der Waals surface area contributed by atoms with Crippen molar-refractivity contribution in [1.82, 2.24) is 0 Å².